The fraction of sp³-hybridized carbons (Fsp3) is 0.462. The maximum atomic E-state index is 11.5. The zero-order valence-corrected chi connectivity index (χ0v) is 10.6. The van der Waals surface area contributed by atoms with Crippen molar-refractivity contribution in [3.8, 4) is 0 Å². The summed E-state index contributed by atoms with van der Waals surface area (Å²) in [6, 6.07) is 7.08. The van der Waals surface area contributed by atoms with E-state index in [2.05, 4.69) is 5.32 Å². The van der Waals surface area contributed by atoms with Gasteiger partial charge in [0.05, 0.1) is 26.2 Å². The van der Waals surface area contributed by atoms with Crippen LogP contribution < -0.4 is 11.1 Å². The highest BCUT2D eigenvalue weighted by atomic mass is 16.5. The third kappa shape index (κ3) is 6.22. The van der Waals surface area contributed by atoms with Crippen LogP contribution in [0.4, 0.5) is 11.4 Å². The summed E-state index contributed by atoms with van der Waals surface area (Å²) in [7, 11) is 0. The molecule has 0 aliphatic heterocycles. The number of carbonyl (C=O) groups is 1. The van der Waals surface area contributed by atoms with Crippen molar-refractivity contribution >= 4 is 17.3 Å². The number of hydrogen-bond acceptors (Lipinski definition) is 4. The first-order valence-electron chi connectivity index (χ1n) is 6.03. The Hall–Kier alpha value is -1.59. The van der Waals surface area contributed by atoms with E-state index in [0.29, 0.717) is 44.2 Å². The number of ether oxygens (including phenoxy) is 2. The SMILES string of the molecule is CCOCCOCCC(=O)Nc1cccc(N)c1. The summed E-state index contributed by atoms with van der Waals surface area (Å²) < 4.78 is 10.4. The van der Waals surface area contributed by atoms with Crippen LogP contribution in [0.3, 0.4) is 0 Å². The van der Waals surface area contributed by atoms with Crippen molar-refractivity contribution < 1.29 is 14.3 Å². The van der Waals surface area contributed by atoms with Crippen LogP contribution >= 0.6 is 0 Å². The van der Waals surface area contributed by atoms with E-state index in [9.17, 15) is 4.79 Å². The van der Waals surface area contributed by atoms with Crippen LogP contribution in [0, 0.1) is 0 Å². The second-order valence-electron chi connectivity index (χ2n) is 3.73. The van der Waals surface area contributed by atoms with Crippen LogP contribution in [0.25, 0.3) is 0 Å². The number of anilines is 2. The molecule has 0 spiro atoms. The average Bonchev–Trinajstić information content (AvgIpc) is 2.33. The molecule has 0 heterocycles. The van der Waals surface area contributed by atoms with Gasteiger partial charge in [-0.1, -0.05) is 6.07 Å². The molecule has 0 saturated carbocycles. The Kier molecular flexibility index (Phi) is 6.83. The first-order valence-corrected chi connectivity index (χ1v) is 6.03. The molecule has 5 nitrogen and oxygen atoms in total. The van der Waals surface area contributed by atoms with Crippen molar-refractivity contribution in [1.29, 1.82) is 0 Å². The van der Waals surface area contributed by atoms with Gasteiger partial charge in [-0.25, -0.2) is 0 Å². The highest BCUT2D eigenvalue weighted by molar-refractivity contribution is 5.91. The molecule has 0 bridgehead atoms. The van der Waals surface area contributed by atoms with E-state index in [-0.39, 0.29) is 5.91 Å². The van der Waals surface area contributed by atoms with Crippen molar-refractivity contribution in [2.45, 2.75) is 13.3 Å². The van der Waals surface area contributed by atoms with Crippen molar-refractivity contribution in [2.75, 3.05) is 37.5 Å². The predicted octanol–water partition coefficient (Wildman–Crippen LogP) is 1.65. The molecule has 100 valence electrons. The summed E-state index contributed by atoms with van der Waals surface area (Å²) in [5.41, 5.74) is 6.94. The zero-order valence-electron chi connectivity index (χ0n) is 10.6. The van der Waals surface area contributed by atoms with Gasteiger partial charge in [0.1, 0.15) is 0 Å². The van der Waals surface area contributed by atoms with E-state index >= 15 is 0 Å². The smallest absolute Gasteiger partial charge is 0.226 e. The average molecular weight is 252 g/mol. The molecule has 1 amide bonds. The van der Waals surface area contributed by atoms with Crippen LogP contribution in [-0.2, 0) is 14.3 Å². The van der Waals surface area contributed by atoms with E-state index in [4.69, 9.17) is 15.2 Å². The molecule has 5 heteroatoms. The largest absolute Gasteiger partial charge is 0.399 e. The van der Waals surface area contributed by atoms with Crippen LogP contribution in [0.2, 0.25) is 0 Å². The molecule has 3 N–H and O–H groups in total. The maximum Gasteiger partial charge on any atom is 0.226 e. The van der Waals surface area contributed by atoms with Crippen molar-refractivity contribution in [3.05, 3.63) is 24.3 Å². The van der Waals surface area contributed by atoms with Crippen molar-refractivity contribution in [2.24, 2.45) is 0 Å². The standard InChI is InChI=1S/C13H20N2O3/c1-2-17-8-9-18-7-6-13(16)15-12-5-3-4-11(14)10-12/h3-5,10H,2,6-9,14H2,1H3,(H,15,16). The van der Waals surface area contributed by atoms with E-state index in [1.807, 2.05) is 6.92 Å². The van der Waals surface area contributed by atoms with Gasteiger partial charge in [-0.05, 0) is 25.1 Å². The Morgan fingerprint density at radius 2 is 2.06 bits per heavy atom. The predicted molar refractivity (Wildman–Crippen MR) is 71.4 cm³/mol. The van der Waals surface area contributed by atoms with Gasteiger partial charge in [0.2, 0.25) is 5.91 Å². The second-order valence-corrected chi connectivity index (χ2v) is 3.73. The van der Waals surface area contributed by atoms with Gasteiger partial charge in [0.15, 0.2) is 0 Å². The number of hydrogen-bond donors (Lipinski definition) is 2. The molecular weight excluding hydrogens is 232 g/mol. The Morgan fingerprint density at radius 3 is 2.78 bits per heavy atom. The zero-order chi connectivity index (χ0) is 13.2. The summed E-state index contributed by atoms with van der Waals surface area (Å²) in [5.74, 6) is -0.0861. The van der Waals surface area contributed by atoms with Gasteiger partial charge in [-0.3, -0.25) is 4.79 Å². The summed E-state index contributed by atoms with van der Waals surface area (Å²) in [6.45, 7) is 4.08. The monoisotopic (exact) mass is 252 g/mol. The quantitative estimate of drug-likeness (QED) is 0.545. The molecule has 1 aromatic rings. The van der Waals surface area contributed by atoms with Crippen LogP contribution in [-0.4, -0.2) is 32.3 Å². The molecule has 0 radical (unpaired) electrons. The fourth-order valence-corrected chi connectivity index (χ4v) is 1.37. The van der Waals surface area contributed by atoms with Crippen LogP contribution in [0.5, 0.6) is 0 Å². The molecule has 0 aliphatic rings. The first kappa shape index (κ1) is 14.5. The first-order chi connectivity index (χ1) is 8.72. The minimum atomic E-state index is -0.0861. The van der Waals surface area contributed by atoms with Crippen molar-refractivity contribution in [3.63, 3.8) is 0 Å². The number of amides is 1. The molecule has 18 heavy (non-hydrogen) atoms. The summed E-state index contributed by atoms with van der Waals surface area (Å²) in [4.78, 5) is 11.5. The van der Waals surface area contributed by atoms with Gasteiger partial charge in [0.25, 0.3) is 0 Å². The highest BCUT2D eigenvalue weighted by Crippen LogP contribution is 2.11. The molecule has 0 unspecified atom stereocenters. The second kappa shape index (κ2) is 8.49. The Morgan fingerprint density at radius 1 is 1.28 bits per heavy atom. The fourth-order valence-electron chi connectivity index (χ4n) is 1.37. The number of benzene rings is 1. The molecule has 1 rings (SSSR count). The number of nitrogens with one attached hydrogen (secondary N) is 1. The van der Waals surface area contributed by atoms with Gasteiger partial charge >= 0.3 is 0 Å². The summed E-state index contributed by atoms with van der Waals surface area (Å²) in [6.07, 6.45) is 0.320. The number of nitrogen functional groups attached to an aromatic ring is 1. The topological polar surface area (TPSA) is 73.6 Å². The van der Waals surface area contributed by atoms with Gasteiger partial charge < -0.3 is 20.5 Å². The summed E-state index contributed by atoms with van der Waals surface area (Å²) in [5, 5.41) is 2.75. The van der Waals surface area contributed by atoms with E-state index in [1.165, 1.54) is 0 Å². The molecule has 0 aromatic heterocycles. The van der Waals surface area contributed by atoms with Crippen LogP contribution in [0.15, 0.2) is 24.3 Å². The lowest BCUT2D eigenvalue weighted by atomic mass is 10.3. The lowest BCUT2D eigenvalue weighted by Gasteiger charge is -2.06. The highest BCUT2D eigenvalue weighted by Gasteiger charge is 2.02. The molecule has 0 fully saturated rings. The van der Waals surface area contributed by atoms with Gasteiger partial charge in [-0.2, -0.15) is 0 Å². The molecular formula is C13H20N2O3. The molecule has 0 saturated heterocycles. The maximum absolute atomic E-state index is 11.5. The third-order valence-electron chi connectivity index (χ3n) is 2.22. The van der Waals surface area contributed by atoms with Gasteiger partial charge in [0, 0.05) is 18.0 Å². The lowest BCUT2D eigenvalue weighted by Crippen LogP contribution is -2.15. The van der Waals surface area contributed by atoms with E-state index in [1.54, 1.807) is 24.3 Å². The molecule has 1 aromatic carbocycles. The minimum absolute atomic E-state index is 0.0861. The Balaban J connectivity index is 2.14. The normalized spacial score (nSPS) is 10.3. The minimum Gasteiger partial charge on any atom is -0.399 e. The number of carbonyl (C=O) groups excluding carboxylic acids is 1. The molecule has 0 atom stereocenters. The van der Waals surface area contributed by atoms with E-state index < -0.39 is 0 Å². The summed E-state index contributed by atoms with van der Waals surface area (Å²) >= 11 is 0. The Labute approximate surface area is 107 Å². The molecule has 0 aliphatic carbocycles. The van der Waals surface area contributed by atoms with Crippen molar-refractivity contribution in [1.82, 2.24) is 0 Å². The third-order valence-corrected chi connectivity index (χ3v) is 2.22. The van der Waals surface area contributed by atoms with Gasteiger partial charge in [-0.15, -0.1) is 0 Å². The van der Waals surface area contributed by atoms with E-state index in [0.717, 1.165) is 0 Å². The number of rotatable bonds is 8. The lowest BCUT2D eigenvalue weighted by molar-refractivity contribution is -0.117. The number of nitrogens with two attached hydrogens (primary N) is 1. The Bertz CT molecular complexity index is 369. The van der Waals surface area contributed by atoms with Crippen LogP contribution in [0.1, 0.15) is 13.3 Å².